The first kappa shape index (κ1) is 23.8. The molecule has 2 unspecified atom stereocenters. The highest BCUT2D eigenvalue weighted by Gasteiger charge is 2.28. The van der Waals surface area contributed by atoms with E-state index in [1.54, 1.807) is 11.0 Å². The first-order valence-electron chi connectivity index (χ1n) is 11.6. The molecule has 1 amide bonds. The summed E-state index contributed by atoms with van der Waals surface area (Å²) >= 11 is 5.95. The molecule has 7 heteroatoms. The van der Waals surface area contributed by atoms with Gasteiger partial charge in [0.05, 0.1) is 12.2 Å². The number of piperidine rings is 1. The number of halogens is 1. The topological polar surface area (TPSA) is 73.2 Å². The zero-order valence-corrected chi connectivity index (χ0v) is 19.5. The number of likely N-dealkylation sites (tertiary alicyclic amines) is 1. The van der Waals surface area contributed by atoms with E-state index in [1.165, 1.54) is 5.57 Å². The Bertz CT molecular complexity index is 973. The van der Waals surface area contributed by atoms with Gasteiger partial charge in [0, 0.05) is 24.9 Å². The Morgan fingerprint density at radius 2 is 2.09 bits per heavy atom. The SMILES string of the molecule is C#CCN1C(=O)CCc2c(OCC(O)CN3CCC(C4=CCC(O)(Cl)C=C4)CC3)cccc21. The summed E-state index contributed by atoms with van der Waals surface area (Å²) in [5.41, 5.74) is 3.02. The number of carbonyl (C=O) groups excluding carboxylic acids is 1. The van der Waals surface area contributed by atoms with Gasteiger partial charge in [-0.2, -0.15) is 0 Å². The fraction of sp³-hybridized carbons (Fsp3) is 0.500. The highest BCUT2D eigenvalue weighted by atomic mass is 35.5. The third kappa shape index (κ3) is 5.80. The molecule has 2 aliphatic heterocycles. The Hall–Kier alpha value is -2.30. The monoisotopic (exact) mass is 470 g/mol. The fourth-order valence-corrected chi connectivity index (χ4v) is 5.01. The van der Waals surface area contributed by atoms with Crippen LogP contribution in [0.5, 0.6) is 5.75 Å². The van der Waals surface area contributed by atoms with Crippen LogP contribution in [0.1, 0.15) is 31.2 Å². The zero-order chi connectivity index (χ0) is 23.4. The molecule has 1 saturated heterocycles. The van der Waals surface area contributed by atoms with E-state index < -0.39 is 11.2 Å². The highest BCUT2D eigenvalue weighted by molar-refractivity contribution is 6.24. The predicted molar refractivity (Wildman–Crippen MR) is 129 cm³/mol. The van der Waals surface area contributed by atoms with Crippen molar-refractivity contribution >= 4 is 23.2 Å². The maximum atomic E-state index is 12.2. The summed E-state index contributed by atoms with van der Waals surface area (Å²) in [4.78, 5) is 16.1. The van der Waals surface area contributed by atoms with Gasteiger partial charge in [-0.1, -0.05) is 35.7 Å². The zero-order valence-electron chi connectivity index (χ0n) is 18.8. The van der Waals surface area contributed by atoms with Crippen LogP contribution in [0.2, 0.25) is 0 Å². The van der Waals surface area contributed by atoms with Crippen LogP contribution in [0, 0.1) is 18.3 Å². The lowest BCUT2D eigenvalue weighted by Crippen LogP contribution is -2.41. The van der Waals surface area contributed by atoms with Crippen LogP contribution < -0.4 is 9.64 Å². The maximum absolute atomic E-state index is 12.2. The Balaban J connectivity index is 1.27. The Morgan fingerprint density at radius 1 is 1.30 bits per heavy atom. The number of aliphatic hydroxyl groups is 2. The summed E-state index contributed by atoms with van der Waals surface area (Å²) in [5.74, 6) is 3.74. The quantitative estimate of drug-likeness (QED) is 0.473. The third-order valence-electron chi connectivity index (χ3n) is 6.65. The largest absolute Gasteiger partial charge is 0.490 e. The van der Waals surface area contributed by atoms with Gasteiger partial charge in [-0.25, -0.2) is 0 Å². The molecule has 2 atom stereocenters. The number of β-amino-alcohol motifs (C(OH)–C–C–N with tert-alkyl or cyclic N) is 1. The standard InChI is InChI=1S/C26H31ClN2O4/c1-2-14-29-23-4-3-5-24(22(23)6-7-25(29)31)33-18-21(30)17-28-15-10-20(11-16-28)19-8-12-26(27,32)13-9-19/h1,3-5,8-9,12,20-21,30,32H,6-7,10-11,13-18H2. The number of aliphatic hydroxyl groups excluding tert-OH is 1. The van der Waals surface area contributed by atoms with Crippen molar-refractivity contribution in [2.45, 2.75) is 43.3 Å². The average Bonchev–Trinajstić information content (AvgIpc) is 2.80. The lowest BCUT2D eigenvalue weighted by molar-refractivity contribution is -0.118. The first-order chi connectivity index (χ1) is 15.9. The van der Waals surface area contributed by atoms with E-state index in [0.29, 0.717) is 37.5 Å². The second kappa shape index (κ2) is 10.3. The van der Waals surface area contributed by atoms with Crippen LogP contribution in [0.15, 0.2) is 42.0 Å². The number of hydrogen-bond donors (Lipinski definition) is 2. The molecule has 1 aromatic rings. The molecule has 0 bridgehead atoms. The van der Waals surface area contributed by atoms with E-state index in [-0.39, 0.29) is 19.1 Å². The molecule has 0 aromatic heterocycles. The molecule has 0 spiro atoms. The normalized spacial score (nSPS) is 24.7. The first-order valence-corrected chi connectivity index (χ1v) is 11.9. The number of allylic oxidation sites excluding steroid dienone is 2. The van der Waals surface area contributed by atoms with Crippen LogP contribution in [0.3, 0.4) is 0 Å². The van der Waals surface area contributed by atoms with Crippen molar-refractivity contribution in [1.82, 2.24) is 4.90 Å². The molecule has 6 nitrogen and oxygen atoms in total. The summed E-state index contributed by atoms with van der Waals surface area (Å²) in [6.07, 6.45) is 13.9. The van der Waals surface area contributed by atoms with Gasteiger partial charge in [0.2, 0.25) is 5.91 Å². The molecular formula is C26H31ClN2O4. The van der Waals surface area contributed by atoms with Crippen LogP contribution >= 0.6 is 11.6 Å². The molecule has 176 valence electrons. The van der Waals surface area contributed by atoms with Crippen molar-refractivity contribution in [3.63, 3.8) is 0 Å². The van der Waals surface area contributed by atoms with Crippen molar-refractivity contribution in [1.29, 1.82) is 0 Å². The smallest absolute Gasteiger partial charge is 0.228 e. The molecule has 1 aromatic carbocycles. The van der Waals surface area contributed by atoms with Gasteiger partial charge in [0.15, 0.2) is 5.06 Å². The molecule has 33 heavy (non-hydrogen) atoms. The van der Waals surface area contributed by atoms with E-state index >= 15 is 0 Å². The minimum Gasteiger partial charge on any atom is -0.490 e. The fourth-order valence-electron chi connectivity index (χ4n) is 4.87. The van der Waals surface area contributed by atoms with E-state index in [4.69, 9.17) is 22.8 Å². The van der Waals surface area contributed by atoms with Crippen molar-refractivity contribution < 1.29 is 19.7 Å². The number of alkyl halides is 1. The molecule has 3 aliphatic rings. The lowest BCUT2D eigenvalue weighted by Gasteiger charge is -2.34. The van der Waals surface area contributed by atoms with E-state index in [0.717, 1.165) is 37.2 Å². The van der Waals surface area contributed by atoms with Gasteiger partial charge in [0.25, 0.3) is 0 Å². The van der Waals surface area contributed by atoms with Crippen molar-refractivity contribution in [2.75, 3.05) is 37.7 Å². The number of fused-ring (bicyclic) bond motifs is 1. The number of anilines is 1. The van der Waals surface area contributed by atoms with Gasteiger partial charge < -0.3 is 24.7 Å². The Morgan fingerprint density at radius 3 is 2.79 bits per heavy atom. The second-order valence-corrected chi connectivity index (χ2v) is 9.69. The number of nitrogens with zero attached hydrogens (tertiary/aromatic N) is 2. The predicted octanol–water partition coefficient (Wildman–Crippen LogP) is 2.86. The second-order valence-electron chi connectivity index (χ2n) is 9.04. The molecule has 4 rings (SSSR count). The summed E-state index contributed by atoms with van der Waals surface area (Å²) in [5, 5.41) is 19.2. The molecule has 1 aliphatic carbocycles. The summed E-state index contributed by atoms with van der Waals surface area (Å²) in [6.45, 7) is 2.80. The highest BCUT2D eigenvalue weighted by Crippen LogP contribution is 2.35. The van der Waals surface area contributed by atoms with Crippen LogP contribution in [-0.2, 0) is 11.2 Å². The van der Waals surface area contributed by atoms with Crippen LogP contribution in [-0.4, -0.2) is 65.0 Å². The Kier molecular flexibility index (Phi) is 7.45. The summed E-state index contributed by atoms with van der Waals surface area (Å²) in [6, 6.07) is 5.63. The average molecular weight is 471 g/mol. The number of benzene rings is 1. The van der Waals surface area contributed by atoms with Crippen molar-refractivity contribution in [3.8, 4) is 18.1 Å². The molecule has 0 radical (unpaired) electrons. The van der Waals surface area contributed by atoms with Gasteiger partial charge in [-0.15, -0.1) is 6.42 Å². The molecule has 2 heterocycles. The lowest BCUT2D eigenvalue weighted by atomic mass is 9.86. The third-order valence-corrected chi connectivity index (χ3v) is 6.93. The van der Waals surface area contributed by atoms with E-state index in [1.807, 2.05) is 30.4 Å². The number of terminal acetylenes is 1. The summed E-state index contributed by atoms with van der Waals surface area (Å²) in [7, 11) is 0. The Labute approximate surface area is 200 Å². The minimum atomic E-state index is -1.25. The number of amides is 1. The molecule has 1 fully saturated rings. The van der Waals surface area contributed by atoms with Crippen LogP contribution in [0.25, 0.3) is 0 Å². The van der Waals surface area contributed by atoms with Crippen LogP contribution in [0.4, 0.5) is 5.69 Å². The number of ether oxygens (including phenoxy) is 1. The summed E-state index contributed by atoms with van der Waals surface area (Å²) < 4.78 is 5.98. The van der Waals surface area contributed by atoms with Crippen molar-refractivity contribution in [3.05, 3.63) is 47.6 Å². The number of hydrogen-bond acceptors (Lipinski definition) is 5. The molecular weight excluding hydrogens is 440 g/mol. The minimum absolute atomic E-state index is 0.0267. The molecule has 2 N–H and O–H groups in total. The van der Waals surface area contributed by atoms with E-state index in [2.05, 4.69) is 10.8 Å². The molecule has 0 saturated carbocycles. The van der Waals surface area contributed by atoms with Gasteiger partial charge >= 0.3 is 0 Å². The van der Waals surface area contributed by atoms with Gasteiger partial charge in [-0.05, 0) is 62.1 Å². The van der Waals surface area contributed by atoms with Gasteiger partial charge in [-0.3, -0.25) is 4.79 Å². The number of carbonyl (C=O) groups is 1. The number of rotatable bonds is 7. The van der Waals surface area contributed by atoms with Crippen molar-refractivity contribution in [2.24, 2.45) is 5.92 Å². The maximum Gasteiger partial charge on any atom is 0.228 e. The van der Waals surface area contributed by atoms with E-state index in [9.17, 15) is 15.0 Å². The van der Waals surface area contributed by atoms with Gasteiger partial charge in [0.1, 0.15) is 18.5 Å².